The average molecular weight is 288 g/mol. The van der Waals surface area contributed by atoms with E-state index in [2.05, 4.69) is 4.74 Å². The van der Waals surface area contributed by atoms with Crippen LogP contribution < -0.4 is 0 Å². The normalized spacial score (nSPS) is 12.8. The number of hydrogen-bond donors (Lipinski definition) is 0. The molecular formula is C6H7Cl5O2. The lowest BCUT2D eigenvalue weighted by Gasteiger charge is -2.24. The van der Waals surface area contributed by atoms with Gasteiger partial charge in [0.25, 0.3) is 4.33 Å². The van der Waals surface area contributed by atoms with Crippen molar-refractivity contribution in [3.8, 4) is 0 Å². The number of alkyl halides is 5. The van der Waals surface area contributed by atoms with Crippen molar-refractivity contribution >= 4 is 64.0 Å². The molecule has 7 heteroatoms. The highest BCUT2D eigenvalue weighted by molar-refractivity contribution is 6.79. The van der Waals surface area contributed by atoms with Crippen LogP contribution >= 0.6 is 58.0 Å². The molecule has 0 heterocycles. The zero-order valence-corrected chi connectivity index (χ0v) is 10.4. The molecule has 0 aliphatic rings. The first-order chi connectivity index (χ1) is 5.73. The molecule has 0 saturated heterocycles. The maximum absolute atomic E-state index is 11.1. The van der Waals surface area contributed by atoms with E-state index in [9.17, 15) is 4.79 Å². The molecule has 0 amide bonds. The topological polar surface area (TPSA) is 26.3 Å². The summed E-state index contributed by atoms with van der Waals surface area (Å²) in [6.07, 6.45) is 0.634. The summed E-state index contributed by atoms with van der Waals surface area (Å²) in [7, 11) is 0. The fourth-order valence-electron chi connectivity index (χ4n) is 0.401. The van der Waals surface area contributed by atoms with Crippen molar-refractivity contribution in [3.05, 3.63) is 0 Å². The van der Waals surface area contributed by atoms with Gasteiger partial charge in [0.15, 0.2) is 0 Å². The number of halogens is 5. The van der Waals surface area contributed by atoms with Gasteiger partial charge in [-0.2, -0.15) is 0 Å². The smallest absolute Gasteiger partial charge is 0.347 e. The number of carbonyl (C=O) groups is 1. The summed E-state index contributed by atoms with van der Waals surface area (Å²) < 4.78 is 0.342. The maximum atomic E-state index is 11.1. The van der Waals surface area contributed by atoms with E-state index < -0.39 is 14.1 Å². The number of esters is 1. The van der Waals surface area contributed by atoms with Crippen LogP contribution in [0.3, 0.4) is 0 Å². The quantitative estimate of drug-likeness (QED) is 0.587. The SMILES string of the molecule is CCCOC(=O)C(Cl)(Cl)C(Cl)(Cl)Cl. The van der Waals surface area contributed by atoms with Crippen LogP contribution in [0, 0.1) is 0 Å². The Bertz CT molecular complexity index is 186. The highest BCUT2D eigenvalue weighted by Crippen LogP contribution is 2.46. The first-order valence-corrected chi connectivity index (χ1v) is 5.24. The molecule has 0 N–H and O–H groups in total. The van der Waals surface area contributed by atoms with E-state index in [1.165, 1.54) is 0 Å². The van der Waals surface area contributed by atoms with Crippen LogP contribution in [-0.4, -0.2) is 20.7 Å². The fourth-order valence-corrected chi connectivity index (χ4v) is 0.742. The van der Waals surface area contributed by atoms with Gasteiger partial charge in [-0.1, -0.05) is 64.9 Å². The third-order valence-corrected chi connectivity index (χ3v) is 3.36. The predicted octanol–water partition coefficient (Wildman–Crippen LogP) is 3.48. The summed E-state index contributed by atoms with van der Waals surface area (Å²) in [6, 6.07) is 0. The van der Waals surface area contributed by atoms with Crippen molar-refractivity contribution in [2.24, 2.45) is 0 Å². The summed E-state index contributed by atoms with van der Waals surface area (Å²) in [6.45, 7) is 1.99. The molecule has 0 rings (SSSR count). The Hall–Kier alpha value is 0.920. The van der Waals surface area contributed by atoms with E-state index in [0.717, 1.165) is 0 Å². The second kappa shape index (κ2) is 5.13. The van der Waals surface area contributed by atoms with Crippen LogP contribution in [0.4, 0.5) is 0 Å². The highest BCUT2D eigenvalue weighted by atomic mass is 35.6. The first kappa shape index (κ1) is 13.9. The molecule has 0 atom stereocenters. The van der Waals surface area contributed by atoms with Crippen LogP contribution in [-0.2, 0) is 9.53 Å². The van der Waals surface area contributed by atoms with Crippen molar-refractivity contribution in [2.75, 3.05) is 6.61 Å². The summed E-state index contributed by atoms with van der Waals surface area (Å²) in [4.78, 5) is 11.1. The fraction of sp³-hybridized carbons (Fsp3) is 0.833. The van der Waals surface area contributed by atoms with Gasteiger partial charge in [0, 0.05) is 0 Å². The Morgan fingerprint density at radius 1 is 1.23 bits per heavy atom. The largest absolute Gasteiger partial charge is 0.463 e. The molecule has 0 unspecified atom stereocenters. The van der Waals surface area contributed by atoms with Crippen molar-refractivity contribution < 1.29 is 9.53 Å². The van der Waals surface area contributed by atoms with Crippen LogP contribution in [0.5, 0.6) is 0 Å². The lowest BCUT2D eigenvalue weighted by atomic mass is 10.4. The van der Waals surface area contributed by atoms with Crippen molar-refractivity contribution in [1.29, 1.82) is 0 Å². The Kier molecular flexibility index (Phi) is 5.49. The summed E-state index contributed by atoms with van der Waals surface area (Å²) in [5.41, 5.74) is 0. The second-order valence-corrected chi connectivity index (χ2v) is 5.82. The lowest BCUT2D eigenvalue weighted by Crippen LogP contribution is -2.41. The Labute approximate surface area is 101 Å². The van der Waals surface area contributed by atoms with Crippen LogP contribution in [0.15, 0.2) is 0 Å². The highest BCUT2D eigenvalue weighted by Gasteiger charge is 2.53. The molecule has 2 nitrogen and oxygen atoms in total. The van der Waals surface area contributed by atoms with E-state index in [1.807, 2.05) is 6.92 Å². The molecule has 0 aromatic heterocycles. The lowest BCUT2D eigenvalue weighted by molar-refractivity contribution is -0.144. The number of carbonyl (C=O) groups excluding carboxylic acids is 1. The van der Waals surface area contributed by atoms with Gasteiger partial charge in [-0.15, -0.1) is 0 Å². The summed E-state index contributed by atoms with van der Waals surface area (Å²) >= 11 is 27.1. The molecular weight excluding hydrogens is 281 g/mol. The van der Waals surface area contributed by atoms with Crippen molar-refractivity contribution in [3.63, 3.8) is 0 Å². The van der Waals surface area contributed by atoms with Gasteiger partial charge in [0.2, 0.25) is 3.79 Å². The zero-order chi connectivity index (χ0) is 10.7. The zero-order valence-electron chi connectivity index (χ0n) is 6.62. The maximum Gasteiger partial charge on any atom is 0.347 e. The third-order valence-electron chi connectivity index (χ3n) is 1.05. The molecule has 0 fully saturated rings. The molecule has 0 spiro atoms. The first-order valence-electron chi connectivity index (χ1n) is 3.35. The van der Waals surface area contributed by atoms with Crippen molar-refractivity contribution in [2.45, 2.75) is 21.5 Å². The van der Waals surface area contributed by atoms with Gasteiger partial charge in [0.05, 0.1) is 6.61 Å². The molecule has 0 bridgehead atoms. The Morgan fingerprint density at radius 3 is 2.00 bits per heavy atom. The van der Waals surface area contributed by atoms with Crippen LogP contribution in [0.25, 0.3) is 0 Å². The van der Waals surface area contributed by atoms with E-state index in [-0.39, 0.29) is 6.61 Å². The number of hydrogen-bond acceptors (Lipinski definition) is 2. The number of rotatable bonds is 3. The van der Waals surface area contributed by atoms with Gasteiger partial charge in [-0.05, 0) is 6.42 Å². The minimum atomic E-state index is -2.17. The van der Waals surface area contributed by atoms with Gasteiger partial charge in [-0.25, -0.2) is 4.79 Å². The third kappa shape index (κ3) is 3.88. The van der Waals surface area contributed by atoms with E-state index in [4.69, 9.17) is 58.0 Å². The minimum absolute atomic E-state index is 0.181. The monoisotopic (exact) mass is 286 g/mol. The minimum Gasteiger partial charge on any atom is -0.463 e. The van der Waals surface area contributed by atoms with E-state index >= 15 is 0 Å². The Morgan fingerprint density at radius 2 is 1.69 bits per heavy atom. The van der Waals surface area contributed by atoms with Gasteiger partial charge >= 0.3 is 5.97 Å². The molecule has 0 saturated carbocycles. The molecule has 78 valence electrons. The predicted molar refractivity (Wildman–Crippen MR) is 56.0 cm³/mol. The average Bonchev–Trinajstić information content (AvgIpc) is 1.97. The molecule has 0 aromatic rings. The van der Waals surface area contributed by atoms with Crippen LogP contribution in [0.2, 0.25) is 0 Å². The van der Waals surface area contributed by atoms with Crippen LogP contribution in [0.1, 0.15) is 13.3 Å². The molecule has 0 radical (unpaired) electrons. The van der Waals surface area contributed by atoms with Gasteiger partial charge in [0.1, 0.15) is 0 Å². The Balaban J connectivity index is 4.37. The number of ether oxygens (including phenoxy) is 1. The molecule has 13 heavy (non-hydrogen) atoms. The van der Waals surface area contributed by atoms with Gasteiger partial charge in [-0.3, -0.25) is 0 Å². The summed E-state index contributed by atoms with van der Waals surface area (Å²) in [5.74, 6) is -0.960. The second-order valence-electron chi connectivity index (χ2n) is 2.21. The molecule has 0 aromatic carbocycles. The van der Waals surface area contributed by atoms with E-state index in [1.54, 1.807) is 0 Å². The van der Waals surface area contributed by atoms with E-state index in [0.29, 0.717) is 6.42 Å². The van der Waals surface area contributed by atoms with Gasteiger partial charge < -0.3 is 4.74 Å². The molecule has 0 aliphatic carbocycles. The summed E-state index contributed by atoms with van der Waals surface area (Å²) in [5, 5.41) is 0. The standard InChI is InChI=1S/C6H7Cl5O2/c1-2-3-13-4(12)5(7,8)6(9,10)11/h2-3H2,1H3. The molecule has 0 aliphatic heterocycles. The van der Waals surface area contributed by atoms with Crippen molar-refractivity contribution in [1.82, 2.24) is 0 Å².